The minimum atomic E-state index is -0.657. The summed E-state index contributed by atoms with van der Waals surface area (Å²) in [4.78, 5) is 0. The van der Waals surface area contributed by atoms with E-state index in [1.165, 1.54) is 12.5 Å². The van der Waals surface area contributed by atoms with Gasteiger partial charge < -0.3 is 16.8 Å². The number of rotatable bonds is 6. The molecule has 14 heavy (non-hydrogen) atoms. The highest BCUT2D eigenvalue weighted by atomic mass is 28.3. The molecular formula is C10H29N3Si. The van der Waals surface area contributed by atoms with Gasteiger partial charge in [-0.05, 0) is 0 Å². The van der Waals surface area contributed by atoms with Crippen molar-refractivity contribution in [3.05, 3.63) is 0 Å². The molecule has 0 aliphatic carbocycles. The first-order valence-corrected chi connectivity index (χ1v) is 9.29. The van der Waals surface area contributed by atoms with E-state index in [2.05, 4.69) is 31.9 Å². The summed E-state index contributed by atoms with van der Waals surface area (Å²) < 4.78 is 0. The predicted octanol–water partition coefficient (Wildman–Crippen LogP) is 1.23. The number of hydrogen-bond donors (Lipinski definition) is 3. The van der Waals surface area contributed by atoms with E-state index in [4.69, 9.17) is 11.5 Å². The Labute approximate surface area is 90.6 Å². The third-order valence-electron chi connectivity index (χ3n) is 1.64. The van der Waals surface area contributed by atoms with Crippen molar-refractivity contribution in [2.75, 3.05) is 26.2 Å². The molecule has 3 nitrogen and oxygen atoms in total. The molecule has 0 aliphatic rings. The van der Waals surface area contributed by atoms with Crippen LogP contribution in [0.3, 0.4) is 0 Å². The van der Waals surface area contributed by atoms with Crippen molar-refractivity contribution in [2.45, 2.75) is 39.0 Å². The molecule has 0 aromatic heterocycles. The highest BCUT2D eigenvalue weighted by Crippen LogP contribution is 2.09. The second-order valence-corrected chi connectivity index (χ2v) is 10.3. The molecule has 0 aromatic carbocycles. The van der Waals surface area contributed by atoms with Gasteiger partial charge >= 0.3 is 0 Å². The van der Waals surface area contributed by atoms with Crippen molar-refractivity contribution in [1.82, 2.24) is 5.32 Å². The molecule has 0 heterocycles. The van der Waals surface area contributed by atoms with E-state index in [0.717, 1.165) is 13.1 Å². The Morgan fingerprint density at radius 3 is 1.57 bits per heavy atom. The molecular weight excluding hydrogens is 190 g/mol. The average molecular weight is 219 g/mol. The summed E-state index contributed by atoms with van der Waals surface area (Å²) in [5.41, 5.74) is 10.3. The van der Waals surface area contributed by atoms with Crippen LogP contribution >= 0.6 is 0 Å². The minimum absolute atomic E-state index is 0.657. The minimum Gasteiger partial charge on any atom is -0.329 e. The van der Waals surface area contributed by atoms with Gasteiger partial charge in [0.1, 0.15) is 0 Å². The van der Waals surface area contributed by atoms with Crippen molar-refractivity contribution in [1.29, 1.82) is 0 Å². The first-order chi connectivity index (χ1) is 6.47. The van der Waals surface area contributed by atoms with Gasteiger partial charge in [0.2, 0.25) is 0 Å². The standard InChI is InChI=1S/C6H16Si.C4H13N3/c1-5-6-7(2,3)4;5-1-3-7-4-2-6/h5-6H2,1-4H3;7H,1-6H2. The highest BCUT2D eigenvalue weighted by Gasteiger charge is 2.09. The molecule has 0 bridgehead atoms. The van der Waals surface area contributed by atoms with Crippen molar-refractivity contribution in [2.24, 2.45) is 11.5 Å². The summed E-state index contributed by atoms with van der Waals surface area (Å²) in [6.07, 6.45) is 1.37. The van der Waals surface area contributed by atoms with Gasteiger partial charge in [-0.3, -0.25) is 0 Å². The Hall–Kier alpha value is 0.0969. The normalized spacial score (nSPS) is 10.7. The summed E-state index contributed by atoms with van der Waals surface area (Å²) in [5, 5.41) is 3.03. The third-order valence-corrected chi connectivity index (χ3v) is 3.64. The van der Waals surface area contributed by atoms with Crippen molar-refractivity contribution in [3.63, 3.8) is 0 Å². The molecule has 0 rings (SSSR count). The molecule has 0 aromatic rings. The maximum atomic E-state index is 5.17. The van der Waals surface area contributed by atoms with E-state index in [1.54, 1.807) is 0 Å². The average Bonchev–Trinajstić information content (AvgIpc) is 2.04. The number of nitrogens with two attached hydrogens (primary N) is 2. The molecule has 88 valence electrons. The van der Waals surface area contributed by atoms with Crippen molar-refractivity contribution < 1.29 is 0 Å². The van der Waals surface area contributed by atoms with Gasteiger partial charge in [0.15, 0.2) is 0 Å². The topological polar surface area (TPSA) is 64.1 Å². The number of hydrogen-bond acceptors (Lipinski definition) is 3. The molecule has 0 aliphatic heterocycles. The van der Waals surface area contributed by atoms with Crippen LogP contribution in [0.2, 0.25) is 25.7 Å². The van der Waals surface area contributed by atoms with Crippen molar-refractivity contribution in [3.8, 4) is 0 Å². The first kappa shape index (κ1) is 16.5. The molecule has 0 atom stereocenters. The predicted molar refractivity (Wildman–Crippen MR) is 69.4 cm³/mol. The molecule has 0 saturated carbocycles. The summed E-state index contributed by atoms with van der Waals surface area (Å²) in [7, 11) is -0.657. The Morgan fingerprint density at radius 2 is 1.43 bits per heavy atom. The molecule has 0 fully saturated rings. The van der Waals surface area contributed by atoms with Gasteiger partial charge in [-0.1, -0.05) is 39.0 Å². The largest absolute Gasteiger partial charge is 0.329 e. The zero-order valence-corrected chi connectivity index (χ0v) is 11.4. The van der Waals surface area contributed by atoms with Gasteiger partial charge in [-0.25, -0.2) is 0 Å². The van der Waals surface area contributed by atoms with Crippen LogP contribution in [-0.4, -0.2) is 34.3 Å². The van der Waals surface area contributed by atoms with Gasteiger partial charge in [-0.2, -0.15) is 0 Å². The van der Waals surface area contributed by atoms with Gasteiger partial charge in [-0.15, -0.1) is 0 Å². The lowest BCUT2D eigenvalue weighted by Gasteiger charge is -2.12. The lowest BCUT2D eigenvalue weighted by Crippen LogP contribution is -2.27. The second-order valence-electron chi connectivity index (χ2n) is 4.64. The maximum absolute atomic E-state index is 5.17. The summed E-state index contributed by atoms with van der Waals surface area (Å²) >= 11 is 0. The lowest BCUT2D eigenvalue weighted by molar-refractivity contribution is 0.696. The Balaban J connectivity index is 0. The van der Waals surface area contributed by atoms with E-state index in [9.17, 15) is 0 Å². The van der Waals surface area contributed by atoms with E-state index in [-0.39, 0.29) is 0 Å². The highest BCUT2D eigenvalue weighted by molar-refractivity contribution is 6.76. The van der Waals surface area contributed by atoms with Crippen LogP contribution in [0, 0.1) is 0 Å². The van der Waals surface area contributed by atoms with Crippen LogP contribution in [0.5, 0.6) is 0 Å². The quantitative estimate of drug-likeness (QED) is 0.465. The summed E-state index contributed by atoms with van der Waals surface area (Å²) in [5.74, 6) is 0. The molecule has 0 unspecified atom stereocenters. The SMILES string of the molecule is CCC[Si](C)(C)C.NCCNCCN. The zero-order valence-electron chi connectivity index (χ0n) is 10.4. The fraction of sp³-hybridized carbons (Fsp3) is 1.00. The zero-order chi connectivity index (χ0) is 11.4. The van der Waals surface area contributed by atoms with Crippen LogP contribution in [0.25, 0.3) is 0 Å². The van der Waals surface area contributed by atoms with E-state index < -0.39 is 8.07 Å². The lowest BCUT2D eigenvalue weighted by atomic mass is 10.6. The molecule has 0 radical (unpaired) electrons. The van der Waals surface area contributed by atoms with E-state index >= 15 is 0 Å². The fourth-order valence-electron chi connectivity index (χ4n) is 1.08. The molecule has 5 N–H and O–H groups in total. The molecule has 4 heteroatoms. The van der Waals surface area contributed by atoms with Crippen LogP contribution in [0.1, 0.15) is 13.3 Å². The van der Waals surface area contributed by atoms with Crippen LogP contribution in [0.15, 0.2) is 0 Å². The van der Waals surface area contributed by atoms with Gasteiger partial charge in [0.25, 0.3) is 0 Å². The second kappa shape index (κ2) is 11.2. The maximum Gasteiger partial charge on any atom is 0.0442 e. The first-order valence-electron chi connectivity index (χ1n) is 5.58. The monoisotopic (exact) mass is 219 g/mol. The fourth-order valence-corrected chi connectivity index (χ4v) is 2.58. The Bertz CT molecular complexity index is 98.0. The van der Waals surface area contributed by atoms with Crippen LogP contribution in [-0.2, 0) is 0 Å². The van der Waals surface area contributed by atoms with Gasteiger partial charge in [0, 0.05) is 34.3 Å². The molecule has 0 amide bonds. The molecule has 0 saturated heterocycles. The Morgan fingerprint density at radius 1 is 1.00 bits per heavy atom. The Kier molecular flexibility index (Phi) is 13.2. The van der Waals surface area contributed by atoms with E-state index in [0.29, 0.717) is 13.1 Å². The van der Waals surface area contributed by atoms with Crippen LogP contribution < -0.4 is 16.8 Å². The van der Waals surface area contributed by atoms with E-state index in [1.807, 2.05) is 0 Å². The van der Waals surface area contributed by atoms with Crippen LogP contribution in [0.4, 0.5) is 0 Å². The third kappa shape index (κ3) is 22.7. The van der Waals surface area contributed by atoms with Crippen molar-refractivity contribution >= 4 is 8.07 Å². The smallest absolute Gasteiger partial charge is 0.0442 e. The number of nitrogens with one attached hydrogen (secondary N) is 1. The summed E-state index contributed by atoms with van der Waals surface area (Å²) in [6.45, 7) is 12.6. The summed E-state index contributed by atoms with van der Waals surface area (Å²) in [6, 6.07) is 1.48. The molecule has 0 spiro atoms. The van der Waals surface area contributed by atoms with Gasteiger partial charge in [0.05, 0.1) is 0 Å².